The van der Waals surface area contributed by atoms with Crippen molar-refractivity contribution in [1.29, 1.82) is 0 Å². The van der Waals surface area contributed by atoms with E-state index in [1.54, 1.807) is 0 Å². The maximum absolute atomic E-state index is 3.30. The van der Waals surface area contributed by atoms with Crippen LogP contribution in [0.4, 0.5) is 0 Å². The van der Waals surface area contributed by atoms with Gasteiger partial charge in [-0.2, -0.15) is 0 Å². The highest BCUT2D eigenvalue weighted by Crippen LogP contribution is 2.27. The Kier molecular flexibility index (Phi) is 3.56. The van der Waals surface area contributed by atoms with Gasteiger partial charge in [-0.15, -0.1) is 11.3 Å². The van der Waals surface area contributed by atoms with Crippen LogP contribution in [-0.2, 0) is 0 Å². The van der Waals surface area contributed by atoms with E-state index in [9.17, 15) is 0 Å². The molecule has 1 fully saturated rings. The van der Waals surface area contributed by atoms with Gasteiger partial charge in [0.05, 0.1) is 6.04 Å². The minimum Gasteiger partial charge on any atom is -0.318 e. The summed E-state index contributed by atoms with van der Waals surface area (Å²) in [6, 6.07) is 5.01. The van der Waals surface area contributed by atoms with E-state index in [0.717, 1.165) is 6.54 Å². The molecule has 1 saturated heterocycles. The van der Waals surface area contributed by atoms with Crippen LogP contribution in [0.3, 0.4) is 0 Å². The third-order valence-corrected chi connectivity index (χ3v) is 3.82. The quantitative estimate of drug-likeness (QED) is 0.819. The predicted octanol–water partition coefficient (Wildman–Crippen LogP) is 2.10. The summed E-state index contributed by atoms with van der Waals surface area (Å²) < 4.78 is 0. The highest BCUT2D eigenvalue weighted by molar-refractivity contribution is 7.10. The molecule has 0 radical (unpaired) electrons. The molecule has 0 saturated carbocycles. The van der Waals surface area contributed by atoms with Gasteiger partial charge >= 0.3 is 0 Å². The number of likely N-dealkylation sites (N-methyl/N-ethyl adjacent to an activating group) is 1. The van der Waals surface area contributed by atoms with Crippen molar-refractivity contribution < 1.29 is 0 Å². The molecule has 0 bridgehead atoms. The summed E-state index contributed by atoms with van der Waals surface area (Å²) in [5.74, 6) is 0. The Morgan fingerprint density at radius 3 is 2.86 bits per heavy atom. The molecule has 14 heavy (non-hydrogen) atoms. The number of thiophene rings is 1. The van der Waals surface area contributed by atoms with E-state index in [1.165, 1.54) is 30.8 Å². The lowest BCUT2D eigenvalue weighted by atomic mass is 10.2. The number of likely N-dealkylation sites (tertiary alicyclic amines) is 1. The van der Waals surface area contributed by atoms with Gasteiger partial charge in [-0.05, 0) is 44.4 Å². The zero-order valence-corrected chi connectivity index (χ0v) is 9.52. The van der Waals surface area contributed by atoms with Gasteiger partial charge in [0.2, 0.25) is 0 Å². The van der Waals surface area contributed by atoms with Crippen LogP contribution in [0, 0.1) is 0 Å². The van der Waals surface area contributed by atoms with E-state index >= 15 is 0 Å². The third kappa shape index (κ3) is 2.16. The number of hydrogen-bond donors (Lipinski definition) is 1. The van der Waals surface area contributed by atoms with Gasteiger partial charge in [-0.1, -0.05) is 6.07 Å². The van der Waals surface area contributed by atoms with Crippen LogP contribution in [0.25, 0.3) is 0 Å². The average molecular weight is 210 g/mol. The molecule has 2 rings (SSSR count). The molecule has 3 heteroatoms. The third-order valence-electron chi connectivity index (χ3n) is 2.85. The molecular weight excluding hydrogens is 192 g/mol. The molecule has 1 aromatic heterocycles. The summed E-state index contributed by atoms with van der Waals surface area (Å²) in [4.78, 5) is 4.10. The van der Waals surface area contributed by atoms with E-state index in [-0.39, 0.29) is 0 Å². The van der Waals surface area contributed by atoms with Crippen LogP contribution in [-0.4, -0.2) is 31.6 Å². The van der Waals surface area contributed by atoms with Crippen molar-refractivity contribution in [2.75, 3.05) is 26.7 Å². The summed E-state index contributed by atoms with van der Waals surface area (Å²) in [6.07, 6.45) is 2.73. The van der Waals surface area contributed by atoms with Crippen LogP contribution in [0.1, 0.15) is 23.8 Å². The monoisotopic (exact) mass is 210 g/mol. The Labute approximate surface area is 89.9 Å². The van der Waals surface area contributed by atoms with Crippen molar-refractivity contribution in [2.24, 2.45) is 0 Å². The molecule has 78 valence electrons. The van der Waals surface area contributed by atoms with E-state index in [4.69, 9.17) is 0 Å². The Morgan fingerprint density at radius 1 is 1.50 bits per heavy atom. The standard InChI is InChI=1S/C11H18N2S/c1-12-9-10(11-5-4-8-14-11)13-6-2-3-7-13/h4-5,8,10,12H,2-3,6-7,9H2,1H3. The zero-order valence-electron chi connectivity index (χ0n) is 8.70. The lowest BCUT2D eigenvalue weighted by Crippen LogP contribution is -2.32. The Balaban J connectivity index is 2.06. The van der Waals surface area contributed by atoms with Crippen molar-refractivity contribution in [3.05, 3.63) is 22.4 Å². The topological polar surface area (TPSA) is 15.3 Å². The lowest BCUT2D eigenvalue weighted by molar-refractivity contribution is 0.245. The summed E-state index contributed by atoms with van der Waals surface area (Å²) >= 11 is 1.88. The molecule has 1 aliphatic rings. The Bertz CT molecular complexity index is 252. The van der Waals surface area contributed by atoms with Gasteiger partial charge in [-0.3, -0.25) is 4.90 Å². The summed E-state index contributed by atoms with van der Waals surface area (Å²) in [5, 5.41) is 5.47. The molecule has 1 atom stereocenters. The van der Waals surface area contributed by atoms with Crippen molar-refractivity contribution in [2.45, 2.75) is 18.9 Å². The van der Waals surface area contributed by atoms with Crippen molar-refractivity contribution in [3.63, 3.8) is 0 Å². The molecule has 2 nitrogen and oxygen atoms in total. The van der Waals surface area contributed by atoms with E-state index in [2.05, 4.69) is 27.7 Å². The number of rotatable bonds is 4. The maximum atomic E-state index is 3.30. The summed E-state index contributed by atoms with van der Waals surface area (Å²) in [7, 11) is 2.04. The highest BCUT2D eigenvalue weighted by Gasteiger charge is 2.23. The highest BCUT2D eigenvalue weighted by atomic mass is 32.1. The lowest BCUT2D eigenvalue weighted by Gasteiger charge is -2.26. The zero-order chi connectivity index (χ0) is 9.80. The largest absolute Gasteiger partial charge is 0.318 e. The van der Waals surface area contributed by atoms with Gasteiger partial charge in [-0.25, -0.2) is 0 Å². The van der Waals surface area contributed by atoms with Crippen LogP contribution >= 0.6 is 11.3 Å². The van der Waals surface area contributed by atoms with Gasteiger partial charge in [0.15, 0.2) is 0 Å². The van der Waals surface area contributed by atoms with Gasteiger partial charge < -0.3 is 5.32 Å². The van der Waals surface area contributed by atoms with Crippen molar-refractivity contribution in [3.8, 4) is 0 Å². The predicted molar refractivity (Wildman–Crippen MR) is 61.8 cm³/mol. The fraction of sp³-hybridized carbons (Fsp3) is 0.636. The molecule has 0 aliphatic carbocycles. The molecule has 0 spiro atoms. The molecule has 2 heterocycles. The molecule has 0 amide bonds. The first-order valence-corrected chi connectivity index (χ1v) is 6.22. The van der Waals surface area contributed by atoms with E-state index in [1.807, 2.05) is 18.4 Å². The van der Waals surface area contributed by atoms with Crippen molar-refractivity contribution in [1.82, 2.24) is 10.2 Å². The number of hydrogen-bond acceptors (Lipinski definition) is 3. The first-order chi connectivity index (χ1) is 6.92. The van der Waals surface area contributed by atoms with Gasteiger partial charge in [0.1, 0.15) is 0 Å². The molecule has 1 N–H and O–H groups in total. The molecule has 0 aromatic carbocycles. The molecular formula is C11H18N2S. The fourth-order valence-corrected chi connectivity index (χ4v) is 3.00. The number of nitrogens with one attached hydrogen (secondary N) is 1. The van der Waals surface area contributed by atoms with Crippen LogP contribution in [0.5, 0.6) is 0 Å². The fourth-order valence-electron chi connectivity index (χ4n) is 2.14. The number of nitrogens with zero attached hydrogens (tertiary/aromatic N) is 1. The Morgan fingerprint density at radius 2 is 2.29 bits per heavy atom. The second-order valence-corrected chi connectivity index (χ2v) is 4.81. The smallest absolute Gasteiger partial charge is 0.0566 e. The van der Waals surface area contributed by atoms with E-state index < -0.39 is 0 Å². The van der Waals surface area contributed by atoms with E-state index in [0.29, 0.717) is 6.04 Å². The first kappa shape index (κ1) is 10.1. The normalized spacial score (nSPS) is 20.1. The molecule has 1 aromatic rings. The summed E-state index contributed by atoms with van der Waals surface area (Å²) in [5.41, 5.74) is 0. The maximum Gasteiger partial charge on any atom is 0.0566 e. The minimum absolute atomic E-state index is 0.600. The van der Waals surface area contributed by atoms with Gasteiger partial charge in [0.25, 0.3) is 0 Å². The molecule has 1 unspecified atom stereocenters. The van der Waals surface area contributed by atoms with Crippen LogP contribution in [0.15, 0.2) is 17.5 Å². The summed E-state index contributed by atoms with van der Waals surface area (Å²) in [6.45, 7) is 3.61. The average Bonchev–Trinajstić information content (AvgIpc) is 2.87. The van der Waals surface area contributed by atoms with Gasteiger partial charge in [0, 0.05) is 11.4 Å². The first-order valence-electron chi connectivity index (χ1n) is 5.34. The second-order valence-electron chi connectivity index (χ2n) is 3.83. The van der Waals surface area contributed by atoms with Crippen LogP contribution in [0.2, 0.25) is 0 Å². The molecule has 1 aliphatic heterocycles. The van der Waals surface area contributed by atoms with Crippen LogP contribution < -0.4 is 5.32 Å². The minimum atomic E-state index is 0.600. The van der Waals surface area contributed by atoms with Crippen molar-refractivity contribution >= 4 is 11.3 Å². The Hall–Kier alpha value is -0.380. The SMILES string of the molecule is CNCC(c1cccs1)N1CCCC1. The second kappa shape index (κ2) is 4.91.